The number of aliphatic carboxylic acids is 1. The van der Waals surface area contributed by atoms with Gasteiger partial charge in [-0.25, -0.2) is 0 Å². The summed E-state index contributed by atoms with van der Waals surface area (Å²) >= 11 is 0. The molecule has 4 nitrogen and oxygen atoms in total. The van der Waals surface area contributed by atoms with Crippen molar-refractivity contribution < 1.29 is 15.0 Å². The lowest BCUT2D eigenvalue weighted by atomic mass is 9.85. The van der Waals surface area contributed by atoms with Crippen LogP contribution in [0.3, 0.4) is 0 Å². The Morgan fingerprint density at radius 1 is 1.19 bits per heavy atom. The Balaban J connectivity index is 1.99. The first-order valence-corrected chi connectivity index (χ1v) is 6.27. The molecular formula is C12H23NO3. The van der Waals surface area contributed by atoms with Crippen LogP contribution in [0.15, 0.2) is 0 Å². The normalized spacial score (nSPS) is 19.6. The Hall–Kier alpha value is -0.610. The number of carboxylic acids is 1. The number of carbonyl (C=O) groups is 1. The molecule has 0 radical (unpaired) electrons. The molecule has 1 aliphatic carbocycles. The van der Waals surface area contributed by atoms with Gasteiger partial charge in [0.25, 0.3) is 0 Å². The van der Waals surface area contributed by atoms with E-state index in [-0.39, 0.29) is 6.42 Å². The van der Waals surface area contributed by atoms with Crippen LogP contribution >= 0.6 is 0 Å². The van der Waals surface area contributed by atoms with Crippen molar-refractivity contribution >= 4 is 5.97 Å². The Bertz CT molecular complexity index is 212. The number of nitrogens with one attached hydrogen (secondary N) is 1. The molecule has 0 unspecified atom stereocenters. The molecule has 0 amide bonds. The molecule has 1 fully saturated rings. The Kier molecular flexibility index (Phi) is 5.77. The standard InChI is InChI=1S/C12H23NO3/c14-11(15)6-2-5-9-13-10-12(16)7-3-1-4-8-12/h13,16H,1-10H2,(H,14,15). The number of aliphatic hydroxyl groups is 1. The van der Waals surface area contributed by atoms with E-state index in [1.165, 1.54) is 6.42 Å². The second-order valence-corrected chi connectivity index (χ2v) is 4.81. The lowest BCUT2D eigenvalue weighted by Gasteiger charge is -2.32. The van der Waals surface area contributed by atoms with Gasteiger partial charge in [0.1, 0.15) is 0 Å². The highest BCUT2D eigenvalue weighted by atomic mass is 16.4. The van der Waals surface area contributed by atoms with Gasteiger partial charge in [-0.2, -0.15) is 0 Å². The highest BCUT2D eigenvalue weighted by Crippen LogP contribution is 2.27. The van der Waals surface area contributed by atoms with Gasteiger partial charge in [0.2, 0.25) is 0 Å². The highest BCUT2D eigenvalue weighted by Gasteiger charge is 2.28. The molecule has 0 spiro atoms. The van der Waals surface area contributed by atoms with Gasteiger partial charge in [-0.1, -0.05) is 19.3 Å². The first kappa shape index (κ1) is 13.5. The van der Waals surface area contributed by atoms with Crippen molar-refractivity contribution in [3.05, 3.63) is 0 Å². The van der Waals surface area contributed by atoms with Gasteiger partial charge in [-0.05, 0) is 32.2 Å². The Morgan fingerprint density at radius 2 is 1.88 bits per heavy atom. The molecule has 0 aromatic rings. The van der Waals surface area contributed by atoms with E-state index in [4.69, 9.17) is 5.11 Å². The van der Waals surface area contributed by atoms with Crippen LogP contribution in [-0.4, -0.2) is 34.9 Å². The topological polar surface area (TPSA) is 69.6 Å². The van der Waals surface area contributed by atoms with Crippen LogP contribution in [0.2, 0.25) is 0 Å². The molecular weight excluding hydrogens is 206 g/mol. The molecule has 0 aliphatic heterocycles. The fraction of sp³-hybridized carbons (Fsp3) is 0.917. The third-order valence-electron chi connectivity index (χ3n) is 3.23. The van der Waals surface area contributed by atoms with Crippen molar-refractivity contribution in [1.29, 1.82) is 0 Å². The van der Waals surface area contributed by atoms with Crippen LogP contribution in [0.1, 0.15) is 51.4 Å². The summed E-state index contributed by atoms with van der Waals surface area (Å²) in [6.45, 7) is 1.45. The minimum Gasteiger partial charge on any atom is -0.481 e. The molecule has 1 rings (SSSR count). The van der Waals surface area contributed by atoms with Crippen molar-refractivity contribution in [3.63, 3.8) is 0 Å². The number of hydrogen-bond acceptors (Lipinski definition) is 3. The number of hydrogen-bond donors (Lipinski definition) is 3. The van der Waals surface area contributed by atoms with E-state index >= 15 is 0 Å². The molecule has 0 bridgehead atoms. The Morgan fingerprint density at radius 3 is 2.50 bits per heavy atom. The average Bonchev–Trinajstić information content (AvgIpc) is 2.24. The second kappa shape index (κ2) is 6.86. The molecule has 1 aliphatic rings. The molecule has 16 heavy (non-hydrogen) atoms. The predicted octanol–water partition coefficient (Wildman–Crippen LogP) is 1.53. The monoisotopic (exact) mass is 229 g/mol. The summed E-state index contributed by atoms with van der Waals surface area (Å²) in [6.07, 6.45) is 7.09. The molecule has 1 saturated carbocycles. The molecule has 94 valence electrons. The van der Waals surface area contributed by atoms with Crippen molar-refractivity contribution in [3.8, 4) is 0 Å². The zero-order chi connectivity index (χ0) is 11.9. The Labute approximate surface area is 97.0 Å². The number of rotatable bonds is 7. The first-order chi connectivity index (χ1) is 7.62. The van der Waals surface area contributed by atoms with Gasteiger partial charge < -0.3 is 15.5 Å². The van der Waals surface area contributed by atoms with Gasteiger partial charge in [-0.15, -0.1) is 0 Å². The maximum Gasteiger partial charge on any atom is 0.303 e. The highest BCUT2D eigenvalue weighted by molar-refractivity contribution is 5.66. The van der Waals surface area contributed by atoms with E-state index in [0.29, 0.717) is 13.0 Å². The SMILES string of the molecule is O=C(O)CCCCNCC1(O)CCCCC1. The summed E-state index contributed by atoms with van der Waals surface area (Å²) in [7, 11) is 0. The quantitative estimate of drug-likeness (QED) is 0.579. The van der Waals surface area contributed by atoms with E-state index in [1.807, 2.05) is 0 Å². The van der Waals surface area contributed by atoms with Crippen LogP contribution in [0.4, 0.5) is 0 Å². The molecule has 4 heteroatoms. The van der Waals surface area contributed by atoms with Crippen LogP contribution < -0.4 is 5.32 Å². The fourth-order valence-electron chi connectivity index (χ4n) is 2.23. The van der Waals surface area contributed by atoms with Gasteiger partial charge in [0.05, 0.1) is 5.60 Å². The molecule has 0 saturated heterocycles. The van der Waals surface area contributed by atoms with E-state index in [1.54, 1.807) is 0 Å². The number of carboxylic acid groups (broad SMARTS) is 1. The van der Waals surface area contributed by atoms with Crippen LogP contribution in [-0.2, 0) is 4.79 Å². The minimum atomic E-state index is -0.731. The van der Waals surface area contributed by atoms with E-state index in [0.717, 1.165) is 38.6 Å². The van der Waals surface area contributed by atoms with Crippen molar-refractivity contribution in [1.82, 2.24) is 5.32 Å². The largest absolute Gasteiger partial charge is 0.481 e. The van der Waals surface area contributed by atoms with Crippen molar-refractivity contribution in [2.45, 2.75) is 57.0 Å². The third kappa shape index (κ3) is 5.47. The minimum absolute atomic E-state index is 0.242. The summed E-state index contributed by atoms with van der Waals surface area (Å²) in [6, 6.07) is 0. The van der Waals surface area contributed by atoms with Crippen LogP contribution in [0.25, 0.3) is 0 Å². The lowest BCUT2D eigenvalue weighted by Crippen LogP contribution is -2.42. The van der Waals surface area contributed by atoms with Gasteiger partial charge >= 0.3 is 5.97 Å². The predicted molar refractivity (Wildman–Crippen MR) is 62.4 cm³/mol. The maximum atomic E-state index is 10.3. The fourth-order valence-corrected chi connectivity index (χ4v) is 2.23. The zero-order valence-electron chi connectivity index (χ0n) is 9.87. The summed E-state index contributed by atoms with van der Waals surface area (Å²) in [5.74, 6) is -0.731. The van der Waals surface area contributed by atoms with E-state index in [9.17, 15) is 9.90 Å². The van der Waals surface area contributed by atoms with Crippen molar-refractivity contribution in [2.24, 2.45) is 0 Å². The zero-order valence-corrected chi connectivity index (χ0v) is 9.87. The maximum absolute atomic E-state index is 10.3. The van der Waals surface area contributed by atoms with Gasteiger partial charge in [0.15, 0.2) is 0 Å². The average molecular weight is 229 g/mol. The molecule has 3 N–H and O–H groups in total. The third-order valence-corrected chi connectivity index (χ3v) is 3.23. The lowest BCUT2D eigenvalue weighted by molar-refractivity contribution is -0.137. The summed E-state index contributed by atoms with van der Waals surface area (Å²) in [4.78, 5) is 10.3. The number of unbranched alkanes of at least 4 members (excludes halogenated alkanes) is 1. The molecule has 0 aromatic carbocycles. The second-order valence-electron chi connectivity index (χ2n) is 4.81. The molecule has 0 heterocycles. The summed E-state index contributed by atoms with van der Waals surface area (Å²) < 4.78 is 0. The van der Waals surface area contributed by atoms with Gasteiger partial charge in [0, 0.05) is 13.0 Å². The molecule has 0 atom stereocenters. The smallest absolute Gasteiger partial charge is 0.303 e. The van der Waals surface area contributed by atoms with E-state index < -0.39 is 11.6 Å². The van der Waals surface area contributed by atoms with Crippen LogP contribution in [0.5, 0.6) is 0 Å². The summed E-state index contributed by atoms with van der Waals surface area (Å²) in [5, 5.41) is 21.8. The first-order valence-electron chi connectivity index (χ1n) is 6.27. The van der Waals surface area contributed by atoms with Crippen molar-refractivity contribution in [2.75, 3.05) is 13.1 Å². The van der Waals surface area contributed by atoms with Crippen LogP contribution in [0, 0.1) is 0 Å². The van der Waals surface area contributed by atoms with Gasteiger partial charge in [-0.3, -0.25) is 4.79 Å². The molecule has 0 aromatic heterocycles. The van der Waals surface area contributed by atoms with E-state index in [2.05, 4.69) is 5.32 Å². The summed E-state index contributed by atoms with van der Waals surface area (Å²) in [5.41, 5.74) is -0.509.